The minimum Gasteiger partial charge on any atom is -0.304 e. The van der Waals surface area contributed by atoms with E-state index >= 15 is 0 Å². The molecule has 74 valence electrons. The summed E-state index contributed by atoms with van der Waals surface area (Å²) in [7, 11) is 0. The number of thiazole rings is 1. The molecule has 0 aliphatic carbocycles. The molecule has 0 saturated heterocycles. The van der Waals surface area contributed by atoms with Crippen LogP contribution in [0.2, 0.25) is 0 Å². The molecule has 0 saturated carbocycles. The molecule has 0 radical (unpaired) electrons. The number of aromatic nitrogens is 1. The molecule has 2 nitrogen and oxygen atoms in total. The predicted octanol–water partition coefficient (Wildman–Crippen LogP) is 3.06. The van der Waals surface area contributed by atoms with E-state index in [1.54, 1.807) is 22.7 Å². The van der Waals surface area contributed by atoms with Gasteiger partial charge in [0.1, 0.15) is 0 Å². The van der Waals surface area contributed by atoms with Crippen LogP contribution in [0.15, 0.2) is 29.2 Å². The summed E-state index contributed by atoms with van der Waals surface area (Å²) < 4.78 is 0. The van der Waals surface area contributed by atoms with Crippen LogP contribution in [0.25, 0.3) is 0 Å². The van der Waals surface area contributed by atoms with Crippen LogP contribution in [0.5, 0.6) is 0 Å². The van der Waals surface area contributed by atoms with E-state index in [1.807, 2.05) is 11.7 Å². The third-order valence-electron chi connectivity index (χ3n) is 2.04. The Morgan fingerprint density at radius 2 is 2.43 bits per heavy atom. The third kappa shape index (κ3) is 2.41. The third-order valence-corrected chi connectivity index (χ3v) is 3.88. The van der Waals surface area contributed by atoms with Crippen LogP contribution in [0, 0.1) is 0 Å². The van der Waals surface area contributed by atoms with Gasteiger partial charge >= 0.3 is 0 Å². The lowest BCUT2D eigenvalue weighted by molar-refractivity contribution is 0.586. The van der Waals surface area contributed by atoms with Gasteiger partial charge < -0.3 is 5.32 Å². The van der Waals surface area contributed by atoms with E-state index in [4.69, 9.17) is 0 Å². The van der Waals surface area contributed by atoms with Crippen molar-refractivity contribution >= 4 is 22.7 Å². The molecule has 2 rings (SSSR count). The van der Waals surface area contributed by atoms with E-state index in [-0.39, 0.29) is 0 Å². The van der Waals surface area contributed by atoms with Crippen LogP contribution in [-0.2, 0) is 6.54 Å². The van der Waals surface area contributed by atoms with Gasteiger partial charge in [0.15, 0.2) is 0 Å². The summed E-state index contributed by atoms with van der Waals surface area (Å²) in [6.07, 6.45) is 1.93. The number of hydrogen-bond donors (Lipinski definition) is 1. The number of nitrogens with one attached hydrogen (secondary N) is 1. The molecule has 1 N–H and O–H groups in total. The van der Waals surface area contributed by atoms with Crippen molar-refractivity contribution < 1.29 is 0 Å². The van der Waals surface area contributed by atoms with Crippen molar-refractivity contribution in [1.82, 2.24) is 10.3 Å². The first-order valence-electron chi connectivity index (χ1n) is 4.50. The van der Waals surface area contributed by atoms with Gasteiger partial charge in [0.2, 0.25) is 0 Å². The molecule has 2 aromatic rings. The molecule has 0 amide bonds. The Kier molecular flexibility index (Phi) is 3.29. The van der Waals surface area contributed by atoms with Crippen molar-refractivity contribution in [3.05, 3.63) is 39.0 Å². The van der Waals surface area contributed by atoms with E-state index in [0.29, 0.717) is 6.04 Å². The lowest BCUT2D eigenvalue weighted by Crippen LogP contribution is -2.16. The Morgan fingerprint density at radius 1 is 1.50 bits per heavy atom. The standard InChI is InChI=1S/C10H12N2S2/c1-8(10-6-11-7-14-10)12-5-9-3-2-4-13-9/h2-4,6-8,12H,5H2,1H3. The zero-order valence-corrected chi connectivity index (χ0v) is 9.57. The monoisotopic (exact) mass is 224 g/mol. The zero-order valence-electron chi connectivity index (χ0n) is 7.93. The van der Waals surface area contributed by atoms with Gasteiger partial charge in [0.05, 0.1) is 5.51 Å². The van der Waals surface area contributed by atoms with Gasteiger partial charge in [-0.25, -0.2) is 0 Å². The molecule has 2 heterocycles. The number of nitrogens with zero attached hydrogens (tertiary/aromatic N) is 1. The van der Waals surface area contributed by atoms with Crippen LogP contribution in [0.1, 0.15) is 22.7 Å². The maximum atomic E-state index is 4.07. The molecule has 1 atom stereocenters. The minimum atomic E-state index is 0.393. The van der Waals surface area contributed by atoms with Gasteiger partial charge in [0.25, 0.3) is 0 Å². The largest absolute Gasteiger partial charge is 0.304 e. The van der Waals surface area contributed by atoms with Crippen molar-refractivity contribution in [1.29, 1.82) is 0 Å². The van der Waals surface area contributed by atoms with Crippen LogP contribution < -0.4 is 5.32 Å². The molecule has 0 aromatic carbocycles. The maximum Gasteiger partial charge on any atom is 0.0794 e. The molecular formula is C10H12N2S2. The first kappa shape index (κ1) is 9.83. The molecule has 0 bridgehead atoms. The molecule has 0 aliphatic rings. The van der Waals surface area contributed by atoms with Gasteiger partial charge in [-0.15, -0.1) is 22.7 Å². The summed E-state index contributed by atoms with van der Waals surface area (Å²) in [4.78, 5) is 6.74. The highest BCUT2D eigenvalue weighted by Gasteiger charge is 2.05. The normalized spacial score (nSPS) is 12.9. The predicted molar refractivity (Wildman–Crippen MR) is 61.7 cm³/mol. The van der Waals surface area contributed by atoms with E-state index in [1.165, 1.54) is 9.75 Å². The number of hydrogen-bond acceptors (Lipinski definition) is 4. The summed E-state index contributed by atoms with van der Waals surface area (Å²) in [6, 6.07) is 4.63. The van der Waals surface area contributed by atoms with Crippen LogP contribution >= 0.6 is 22.7 Å². The van der Waals surface area contributed by atoms with Gasteiger partial charge in [-0.3, -0.25) is 4.98 Å². The lowest BCUT2D eigenvalue weighted by atomic mass is 10.3. The van der Waals surface area contributed by atoms with Crippen LogP contribution in [0.3, 0.4) is 0 Å². The fraction of sp³-hybridized carbons (Fsp3) is 0.300. The smallest absolute Gasteiger partial charge is 0.0794 e. The van der Waals surface area contributed by atoms with E-state index in [9.17, 15) is 0 Å². The fourth-order valence-electron chi connectivity index (χ4n) is 1.21. The summed E-state index contributed by atoms with van der Waals surface area (Å²) in [6.45, 7) is 3.11. The van der Waals surface area contributed by atoms with Crippen molar-refractivity contribution in [2.75, 3.05) is 0 Å². The second-order valence-corrected chi connectivity index (χ2v) is 5.04. The average molecular weight is 224 g/mol. The summed E-state index contributed by atoms with van der Waals surface area (Å²) in [5, 5.41) is 5.57. The molecule has 4 heteroatoms. The van der Waals surface area contributed by atoms with Crippen molar-refractivity contribution in [2.45, 2.75) is 19.5 Å². The minimum absolute atomic E-state index is 0.393. The second-order valence-electron chi connectivity index (χ2n) is 3.09. The first-order valence-corrected chi connectivity index (χ1v) is 6.26. The molecule has 0 spiro atoms. The maximum absolute atomic E-state index is 4.07. The van der Waals surface area contributed by atoms with E-state index < -0.39 is 0 Å². The Hall–Kier alpha value is -0.710. The highest BCUT2D eigenvalue weighted by molar-refractivity contribution is 7.10. The quantitative estimate of drug-likeness (QED) is 0.863. The van der Waals surface area contributed by atoms with Gasteiger partial charge in [-0.2, -0.15) is 0 Å². The highest BCUT2D eigenvalue weighted by atomic mass is 32.1. The lowest BCUT2D eigenvalue weighted by Gasteiger charge is -2.09. The average Bonchev–Trinajstić information content (AvgIpc) is 2.87. The zero-order chi connectivity index (χ0) is 9.80. The number of thiophene rings is 1. The van der Waals surface area contributed by atoms with Gasteiger partial charge in [-0.05, 0) is 18.4 Å². The summed E-state index contributed by atoms with van der Waals surface area (Å²) >= 11 is 3.49. The van der Waals surface area contributed by atoms with Crippen molar-refractivity contribution in [3.8, 4) is 0 Å². The summed E-state index contributed by atoms with van der Waals surface area (Å²) in [5.41, 5.74) is 1.87. The Morgan fingerprint density at radius 3 is 3.07 bits per heavy atom. The van der Waals surface area contributed by atoms with E-state index in [0.717, 1.165) is 6.54 Å². The Bertz CT molecular complexity index is 353. The molecule has 0 aliphatic heterocycles. The fourth-order valence-corrected chi connectivity index (χ4v) is 2.52. The van der Waals surface area contributed by atoms with Crippen LogP contribution in [-0.4, -0.2) is 4.98 Å². The SMILES string of the molecule is CC(NCc1cccs1)c1cncs1. The second kappa shape index (κ2) is 4.68. The Balaban J connectivity index is 1.87. The molecule has 2 aromatic heterocycles. The molecule has 0 fully saturated rings. The molecule has 1 unspecified atom stereocenters. The number of rotatable bonds is 4. The molecule has 14 heavy (non-hydrogen) atoms. The van der Waals surface area contributed by atoms with Crippen molar-refractivity contribution in [3.63, 3.8) is 0 Å². The Labute approximate surface area is 91.6 Å². The van der Waals surface area contributed by atoms with Gasteiger partial charge in [-0.1, -0.05) is 6.07 Å². The van der Waals surface area contributed by atoms with Crippen molar-refractivity contribution in [2.24, 2.45) is 0 Å². The van der Waals surface area contributed by atoms with Crippen LogP contribution in [0.4, 0.5) is 0 Å². The molecular weight excluding hydrogens is 212 g/mol. The van der Waals surface area contributed by atoms with E-state index in [2.05, 4.69) is 34.7 Å². The highest BCUT2D eigenvalue weighted by Crippen LogP contribution is 2.17. The summed E-state index contributed by atoms with van der Waals surface area (Å²) in [5.74, 6) is 0. The van der Waals surface area contributed by atoms with Gasteiger partial charge in [0, 0.05) is 28.5 Å². The first-order chi connectivity index (χ1) is 6.86. The topological polar surface area (TPSA) is 24.9 Å².